The largest absolute Gasteiger partial charge is 0.344 e. The maximum absolute atomic E-state index is 5.62. The first-order chi connectivity index (χ1) is 8.31. The van der Waals surface area contributed by atoms with Crippen LogP contribution in [0.4, 0.5) is 0 Å². The van der Waals surface area contributed by atoms with Crippen LogP contribution < -0.4 is 5.73 Å². The summed E-state index contributed by atoms with van der Waals surface area (Å²) in [4.78, 5) is 0. The summed E-state index contributed by atoms with van der Waals surface area (Å²) in [5, 5.41) is 2.65. The van der Waals surface area contributed by atoms with Crippen LogP contribution in [0.1, 0.15) is 5.56 Å². The highest BCUT2D eigenvalue weighted by atomic mass is 14.9. The number of fused-ring (bicyclic) bond motifs is 3. The van der Waals surface area contributed by atoms with Gasteiger partial charge in [-0.15, -0.1) is 0 Å². The fourth-order valence-electron chi connectivity index (χ4n) is 2.54. The van der Waals surface area contributed by atoms with E-state index in [2.05, 4.69) is 54.1 Å². The van der Waals surface area contributed by atoms with Gasteiger partial charge in [0.05, 0.1) is 0 Å². The summed E-state index contributed by atoms with van der Waals surface area (Å²) < 4.78 is 2.25. The molecule has 0 bridgehead atoms. The molecule has 2 N–H and O–H groups in total. The Kier molecular flexibility index (Phi) is 2.37. The maximum Gasteiger partial charge on any atom is 0.0488 e. The van der Waals surface area contributed by atoms with Crippen molar-refractivity contribution >= 4 is 21.8 Å². The zero-order valence-corrected chi connectivity index (χ0v) is 9.98. The van der Waals surface area contributed by atoms with Crippen molar-refractivity contribution in [2.45, 2.75) is 6.42 Å². The Labute approximate surface area is 101 Å². The van der Waals surface area contributed by atoms with Crippen LogP contribution in [0.15, 0.2) is 42.5 Å². The lowest BCUT2D eigenvalue weighted by Gasteiger charge is -2.00. The number of aromatic nitrogens is 1. The molecule has 0 atom stereocenters. The molecule has 0 amide bonds. The lowest BCUT2D eigenvalue weighted by molar-refractivity contribution is 0.969. The summed E-state index contributed by atoms with van der Waals surface area (Å²) in [5.74, 6) is 0. The molecule has 0 spiro atoms. The van der Waals surface area contributed by atoms with Gasteiger partial charge in [-0.1, -0.05) is 24.3 Å². The first kappa shape index (κ1) is 10.4. The highest BCUT2D eigenvalue weighted by Gasteiger charge is 2.07. The van der Waals surface area contributed by atoms with Crippen LogP contribution in [0.25, 0.3) is 21.8 Å². The van der Waals surface area contributed by atoms with E-state index in [1.165, 1.54) is 27.4 Å². The maximum atomic E-state index is 5.62. The molecule has 0 saturated heterocycles. The van der Waals surface area contributed by atoms with Crippen molar-refractivity contribution in [1.29, 1.82) is 0 Å². The second-order valence-corrected chi connectivity index (χ2v) is 4.47. The van der Waals surface area contributed by atoms with Gasteiger partial charge in [-0.25, -0.2) is 0 Å². The third-order valence-electron chi connectivity index (χ3n) is 3.41. The van der Waals surface area contributed by atoms with Gasteiger partial charge in [-0.2, -0.15) is 0 Å². The number of nitrogens with zero attached hydrogens (tertiary/aromatic N) is 1. The predicted molar refractivity (Wildman–Crippen MR) is 73.2 cm³/mol. The zero-order chi connectivity index (χ0) is 11.8. The molecule has 2 aromatic carbocycles. The number of aryl methyl sites for hydroxylation is 1. The Hall–Kier alpha value is -1.80. The van der Waals surface area contributed by atoms with Gasteiger partial charge in [0.15, 0.2) is 0 Å². The van der Waals surface area contributed by atoms with Crippen LogP contribution >= 0.6 is 0 Å². The summed E-state index contributed by atoms with van der Waals surface area (Å²) in [7, 11) is 2.12. The van der Waals surface area contributed by atoms with E-state index >= 15 is 0 Å². The van der Waals surface area contributed by atoms with Crippen LogP contribution in [-0.2, 0) is 13.5 Å². The van der Waals surface area contributed by atoms with Crippen LogP contribution in [-0.4, -0.2) is 11.1 Å². The lowest BCUT2D eigenvalue weighted by atomic mass is 10.1. The molecule has 1 heterocycles. The van der Waals surface area contributed by atoms with E-state index in [-0.39, 0.29) is 0 Å². The Bertz CT molecular complexity index is 680. The van der Waals surface area contributed by atoms with E-state index in [0.717, 1.165) is 6.42 Å². The summed E-state index contributed by atoms with van der Waals surface area (Å²) in [5.41, 5.74) is 9.50. The van der Waals surface area contributed by atoms with Crippen molar-refractivity contribution in [1.82, 2.24) is 4.57 Å². The van der Waals surface area contributed by atoms with Gasteiger partial charge < -0.3 is 10.3 Å². The minimum atomic E-state index is 0.705. The number of para-hydroxylation sites is 1. The molecule has 0 aliphatic heterocycles. The van der Waals surface area contributed by atoms with Gasteiger partial charge >= 0.3 is 0 Å². The topological polar surface area (TPSA) is 30.9 Å². The van der Waals surface area contributed by atoms with Crippen LogP contribution in [0.2, 0.25) is 0 Å². The molecule has 0 aliphatic carbocycles. The normalized spacial score (nSPS) is 11.4. The van der Waals surface area contributed by atoms with Gasteiger partial charge in [-0.3, -0.25) is 0 Å². The molecule has 0 fully saturated rings. The number of hydrogen-bond donors (Lipinski definition) is 1. The Balaban J connectivity index is 2.38. The van der Waals surface area contributed by atoms with E-state index < -0.39 is 0 Å². The first-order valence-corrected chi connectivity index (χ1v) is 5.97. The Morgan fingerprint density at radius 2 is 1.76 bits per heavy atom. The SMILES string of the molecule is Cn1c2ccccc2c2cc(CCN)ccc21. The number of hydrogen-bond acceptors (Lipinski definition) is 1. The number of nitrogens with two attached hydrogens (primary N) is 1. The molecule has 0 radical (unpaired) electrons. The monoisotopic (exact) mass is 224 g/mol. The number of rotatable bonds is 2. The van der Waals surface area contributed by atoms with Crippen LogP contribution in [0.3, 0.4) is 0 Å². The summed E-state index contributed by atoms with van der Waals surface area (Å²) in [6.45, 7) is 0.705. The molecule has 0 saturated carbocycles. The van der Waals surface area contributed by atoms with Crippen LogP contribution in [0.5, 0.6) is 0 Å². The van der Waals surface area contributed by atoms with Crippen LogP contribution in [0, 0.1) is 0 Å². The van der Waals surface area contributed by atoms with Gasteiger partial charge in [0.25, 0.3) is 0 Å². The van der Waals surface area contributed by atoms with Crippen molar-refractivity contribution in [2.24, 2.45) is 12.8 Å². The molecular formula is C15H16N2. The highest BCUT2D eigenvalue weighted by Crippen LogP contribution is 2.28. The molecule has 2 nitrogen and oxygen atoms in total. The highest BCUT2D eigenvalue weighted by molar-refractivity contribution is 6.08. The van der Waals surface area contributed by atoms with Crippen molar-refractivity contribution in [3.05, 3.63) is 48.0 Å². The smallest absolute Gasteiger partial charge is 0.0488 e. The molecule has 3 aromatic rings. The minimum absolute atomic E-state index is 0.705. The second kappa shape index (κ2) is 3.90. The summed E-state index contributed by atoms with van der Waals surface area (Å²) in [6, 6.07) is 15.2. The summed E-state index contributed by atoms with van der Waals surface area (Å²) in [6.07, 6.45) is 0.944. The van der Waals surface area contributed by atoms with Crippen molar-refractivity contribution in [2.75, 3.05) is 6.54 Å². The fraction of sp³-hybridized carbons (Fsp3) is 0.200. The van der Waals surface area contributed by atoms with Crippen molar-refractivity contribution < 1.29 is 0 Å². The fourth-order valence-corrected chi connectivity index (χ4v) is 2.54. The molecule has 3 rings (SSSR count). The molecular weight excluding hydrogens is 208 g/mol. The van der Waals surface area contributed by atoms with Gasteiger partial charge in [0.2, 0.25) is 0 Å². The lowest BCUT2D eigenvalue weighted by Crippen LogP contribution is -2.02. The molecule has 1 aromatic heterocycles. The quantitative estimate of drug-likeness (QED) is 0.713. The van der Waals surface area contributed by atoms with E-state index in [1.807, 2.05) is 0 Å². The van der Waals surface area contributed by atoms with E-state index in [1.54, 1.807) is 0 Å². The van der Waals surface area contributed by atoms with E-state index in [9.17, 15) is 0 Å². The standard InChI is InChI=1S/C15H16N2/c1-17-14-5-3-2-4-12(14)13-10-11(8-9-16)6-7-15(13)17/h2-7,10H,8-9,16H2,1H3. The zero-order valence-electron chi connectivity index (χ0n) is 9.98. The average molecular weight is 224 g/mol. The van der Waals surface area contributed by atoms with Gasteiger partial charge in [-0.05, 0) is 36.7 Å². The summed E-state index contributed by atoms with van der Waals surface area (Å²) >= 11 is 0. The van der Waals surface area contributed by atoms with Gasteiger partial charge in [0, 0.05) is 28.9 Å². The molecule has 17 heavy (non-hydrogen) atoms. The van der Waals surface area contributed by atoms with Crippen molar-refractivity contribution in [3.8, 4) is 0 Å². The Morgan fingerprint density at radius 3 is 2.59 bits per heavy atom. The van der Waals surface area contributed by atoms with Crippen molar-refractivity contribution in [3.63, 3.8) is 0 Å². The predicted octanol–water partition coefficient (Wildman–Crippen LogP) is 2.83. The Morgan fingerprint density at radius 1 is 1.00 bits per heavy atom. The third kappa shape index (κ3) is 1.53. The van der Waals surface area contributed by atoms with E-state index in [4.69, 9.17) is 5.73 Å². The number of benzene rings is 2. The average Bonchev–Trinajstić information content (AvgIpc) is 2.65. The van der Waals surface area contributed by atoms with Gasteiger partial charge in [0.1, 0.15) is 0 Å². The minimum Gasteiger partial charge on any atom is -0.344 e. The molecule has 0 unspecified atom stereocenters. The molecule has 2 heteroatoms. The van der Waals surface area contributed by atoms with E-state index in [0.29, 0.717) is 6.54 Å². The molecule has 0 aliphatic rings. The first-order valence-electron chi connectivity index (χ1n) is 5.97. The third-order valence-corrected chi connectivity index (χ3v) is 3.41. The second-order valence-electron chi connectivity index (χ2n) is 4.47. The molecule has 86 valence electrons.